The molecule has 0 aromatic rings. The highest BCUT2D eigenvalue weighted by Crippen LogP contribution is 2.21. The lowest BCUT2D eigenvalue weighted by molar-refractivity contribution is -0.102. The maximum atomic E-state index is 8.99. The van der Waals surface area contributed by atoms with Crippen molar-refractivity contribution in [3.63, 3.8) is 0 Å². The summed E-state index contributed by atoms with van der Waals surface area (Å²) in [6.07, 6.45) is 4.58. The number of nitriles is 1. The molecule has 1 N–H and O–H groups in total. The first-order valence-corrected chi connectivity index (χ1v) is 7.05. The fourth-order valence-corrected chi connectivity index (χ4v) is 2.36. The van der Waals surface area contributed by atoms with Gasteiger partial charge in [-0.3, -0.25) is 0 Å². The highest BCUT2D eigenvalue weighted by molar-refractivity contribution is 4.89. The van der Waals surface area contributed by atoms with E-state index in [1.807, 2.05) is 0 Å². The van der Waals surface area contributed by atoms with Crippen LogP contribution >= 0.6 is 0 Å². The van der Waals surface area contributed by atoms with Gasteiger partial charge in [-0.1, -0.05) is 6.92 Å². The maximum Gasteiger partial charge on any atom is 0.0975 e. The molecule has 4 nitrogen and oxygen atoms in total. The molecule has 0 aliphatic carbocycles. The number of nitrogens with one attached hydrogen (secondary N) is 1. The normalized spacial score (nSPS) is 29.8. The van der Waals surface area contributed by atoms with Crippen molar-refractivity contribution in [2.45, 2.75) is 70.8 Å². The smallest absolute Gasteiger partial charge is 0.0975 e. The molecular weight excluding hydrogens is 228 g/mol. The van der Waals surface area contributed by atoms with Crippen LogP contribution in [-0.4, -0.2) is 37.5 Å². The predicted molar refractivity (Wildman–Crippen MR) is 71.3 cm³/mol. The predicted octanol–water partition coefficient (Wildman–Crippen LogP) is 2.24. The van der Waals surface area contributed by atoms with Crippen molar-refractivity contribution in [2.75, 3.05) is 13.2 Å². The van der Waals surface area contributed by atoms with E-state index in [1.165, 1.54) is 0 Å². The monoisotopic (exact) mass is 254 g/mol. The topological polar surface area (TPSA) is 54.3 Å². The molecule has 1 aliphatic heterocycles. The van der Waals surface area contributed by atoms with Gasteiger partial charge < -0.3 is 14.8 Å². The van der Waals surface area contributed by atoms with E-state index in [0.29, 0.717) is 6.61 Å². The average molecular weight is 254 g/mol. The highest BCUT2D eigenvalue weighted by atomic mass is 16.5. The first-order valence-electron chi connectivity index (χ1n) is 7.05. The van der Waals surface area contributed by atoms with E-state index < -0.39 is 0 Å². The van der Waals surface area contributed by atoms with Crippen molar-refractivity contribution in [1.82, 2.24) is 5.32 Å². The third-order valence-corrected chi connectivity index (χ3v) is 3.21. The van der Waals surface area contributed by atoms with Crippen LogP contribution in [0.4, 0.5) is 0 Å². The lowest BCUT2D eigenvalue weighted by atomic mass is 10.0. The summed E-state index contributed by atoms with van der Waals surface area (Å²) in [5, 5.41) is 12.2. The van der Waals surface area contributed by atoms with Crippen molar-refractivity contribution in [3.8, 4) is 6.07 Å². The summed E-state index contributed by atoms with van der Waals surface area (Å²) in [6, 6.07) is 2.19. The summed E-state index contributed by atoms with van der Waals surface area (Å²) in [5.41, 5.74) is 0. The second kappa shape index (κ2) is 8.47. The van der Waals surface area contributed by atoms with Crippen molar-refractivity contribution in [3.05, 3.63) is 0 Å². The van der Waals surface area contributed by atoms with Crippen molar-refractivity contribution >= 4 is 0 Å². The Labute approximate surface area is 111 Å². The van der Waals surface area contributed by atoms with E-state index in [-0.39, 0.29) is 24.4 Å². The van der Waals surface area contributed by atoms with Crippen LogP contribution in [0.15, 0.2) is 0 Å². The van der Waals surface area contributed by atoms with Gasteiger partial charge >= 0.3 is 0 Å². The summed E-state index contributed by atoms with van der Waals surface area (Å²) in [4.78, 5) is 0. The second-order valence-electron chi connectivity index (χ2n) is 5.15. The van der Waals surface area contributed by atoms with Gasteiger partial charge in [0.15, 0.2) is 0 Å². The zero-order chi connectivity index (χ0) is 13.4. The van der Waals surface area contributed by atoms with E-state index in [2.05, 4.69) is 32.2 Å². The average Bonchev–Trinajstić information content (AvgIpc) is 2.32. The molecule has 1 heterocycles. The minimum absolute atomic E-state index is 0.0837. The van der Waals surface area contributed by atoms with E-state index in [1.54, 1.807) is 0 Å². The van der Waals surface area contributed by atoms with Crippen LogP contribution in [0.25, 0.3) is 0 Å². The minimum Gasteiger partial charge on any atom is -0.378 e. The molecule has 0 aromatic carbocycles. The Morgan fingerprint density at radius 2 is 2.06 bits per heavy atom. The summed E-state index contributed by atoms with van der Waals surface area (Å²) < 4.78 is 11.5. The maximum absolute atomic E-state index is 8.99. The Morgan fingerprint density at radius 3 is 2.61 bits per heavy atom. The zero-order valence-corrected chi connectivity index (χ0v) is 11.8. The lowest BCUT2D eigenvalue weighted by Gasteiger charge is -2.32. The molecule has 18 heavy (non-hydrogen) atoms. The molecular formula is C14H26N2O2. The SMILES string of the molecule is CCCNC(C#N)CCOC1CC(C)OC(C)C1. The van der Waals surface area contributed by atoms with Crippen molar-refractivity contribution < 1.29 is 9.47 Å². The molecule has 0 amide bonds. The number of hydrogen-bond donors (Lipinski definition) is 1. The molecule has 0 bridgehead atoms. The number of ether oxygens (including phenoxy) is 2. The standard InChI is InChI=1S/C14H26N2O2/c1-4-6-16-13(10-15)5-7-17-14-8-11(2)18-12(3)9-14/h11-14,16H,4-9H2,1-3H3. The summed E-state index contributed by atoms with van der Waals surface area (Å²) >= 11 is 0. The van der Waals surface area contributed by atoms with Gasteiger partial charge in [-0.25, -0.2) is 0 Å². The molecule has 1 saturated heterocycles. The second-order valence-corrected chi connectivity index (χ2v) is 5.15. The number of hydrogen-bond acceptors (Lipinski definition) is 4. The van der Waals surface area contributed by atoms with Crippen molar-refractivity contribution in [1.29, 1.82) is 5.26 Å². The Bertz CT molecular complexity index is 255. The van der Waals surface area contributed by atoms with Gasteiger partial charge in [0.05, 0.1) is 30.4 Å². The van der Waals surface area contributed by atoms with Crippen LogP contribution in [0.2, 0.25) is 0 Å². The molecule has 104 valence electrons. The van der Waals surface area contributed by atoms with Crippen LogP contribution in [0, 0.1) is 11.3 Å². The van der Waals surface area contributed by atoms with Crippen molar-refractivity contribution in [2.24, 2.45) is 0 Å². The van der Waals surface area contributed by atoms with E-state index in [0.717, 1.165) is 32.2 Å². The number of rotatable bonds is 7. The molecule has 3 unspecified atom stereocenters. The van der Waals surface area contributed by atoms with E-state index in [9.17, 15) is 0 Å². The summed E-state index contributed by atoms with van der Waals surface area (Å²) in [5.74, 6) is 0. The third-order valence-electron chi connectivity index (χ3n) is 3.21. The largest absolute Gasteiger partial charge is 0.378 e. The van der Waals surface area contributed by atoms with E-state index in [4.69, 9.17) is 14.7 Å². The molecule has 1 rings (SSSR count). The van der Waals surface area contributed by atoms with Gasteiger partial charge in [0.25, 0.3) is 0 Å². The number of nitrogens with zero attached hydrogens (tertiary/aromatic N) is 1. The van der Waals surface area contributed by atoms with Crippen LogP contribution in [0.1, 0.15) is 46.5 Å². The molecule has 4 heteroatoms. The van der Waals surface area contributed by atoms with Gasteiger partial charge in [-0.2, -0.15) is 5.26 Å². The lowest BCUT2D eigenvalue weighted by Crippen LogP contribution is -2.35. The van der Waals surface area contributed by atoms with E-state index >= 15 is 0 Å². The fourth-order valence-electron chi connectivity index (χ4n) is 2.36. The van der Waals surface area contributed by atoms with Crippen LogP contribution < -0.4 is 5.32 Å². The molecule has 0 aromatic heterocycles. The molecule has 0 spiro atoms. The van der Waals surface area contributed by atoms with Gasteiger partial charge in [0.2, 0.25) is 0 Å². The Balaban J connectivity index is 2.18. The van der Waals surface area contributed by atoms with Gasteiger partial charge in [-0.15, -0.1) is 0 Å². The first kappa shape index (κ1) is 15.4. The Morgan fingerprint density at radius 1 is 1.39 bits per heavy atom. The highest BCUT2D eigenvalue weighted by Gasteiger charge is 2.24. The van der Waals surface area contributed by atoms with Gasteiger partial charge in [0.1, 0.15) is 0 Å². The zero-order valence-electron chi connectivity index (χ0n) is 11.8. The summed E-state index contributed by atoms with van der Waals surface area (Å²) in [6.45, 7) is 7.82. The van der Waals surface area contributed by atoms with Crippen LogP contribution in [-0.2, 0) is 9.47 Å². The molecule has 3 atom stereocenters. The van der Waals surface area contributed by atoms with Crippen LogP contribution in [0.3, 0.4) is 0 Å². The Kier molecular flexibility index (Phi) is 7.26. The third kappa shape index (κ3) is 5.81. The quantitative estimate of drug-likeness (QED) is 0.757. The van der Waals surface area contributed by atoms with Gasteiger partial charge in [0, 0.05) is 6.61 Å². The molecule has 1 aliphatic rings. The molecule has 0 radical (unpaired) electrons. The minimum atomic E-state index is -0.0837. The first-order chi connectivity index (χ1) is 8.65. The molecule has 0 saturated carbocycles. The van der Waals surface area contributed by atoms with Gasteiger partial charge in [-0.05, 0) is 46.1 Å². The fraction of sp³-hybridized carbons (Fsp3) is 0.929. The summed E-state index contributed by atoms with van der Waals surface area (Å²) in [7, 11) is 0. The van der Waals surface area contributed by atoms with Crippen LogP contribution in [0.5, 0.6) is 0 Å². The molecule has 1 fully saturated rings. The Hall–Kier alpha value is -0.630.